The zero-order valence-corrected chi connectivity index (χ0v) is 17.2. The number of nitrogens with two attached hydrogens (primary N) is 1. The van der Waals surface area contributed by atoms with Crippen molar-refractivity contribution in [3.8, 4) is 0 Å². The van der Waals surface area contributed by atoms with E-state index in [1.165, 1.54) is 6.07 Å². The van der Waals surface area contributed by atoms with Gasteiger partial charge in [0.05, 0.1) is 16.7 Å². The minimum absolute atomic E-state index is 0.0220. The summed E-state index contributed by atoms with van der Waals surface area (Å²) in [6.07, 6.45) is -1.97. The monoisotopic (exact) mass is 459 g/mol. The molecule has 3 heterocycles. The second-order valence-corrected chi connectivity index (χ2v) is 9.01. The number of alkyl halides is 3. The summed E-state index contributed by atoms with van der Waals surface area (Å²) in [5, 5.41) is 17.2. The summed E-state index contributed by atoms with van der Waals surface area (Å²) in [6.45, 7) is 2.06. The fraction of sp³-hybridized carbons (Fsp3) is 0.389. The van der Waals surface area contributed by atoms with Crippen molar-refractivity contribution in [2.45, 2.75) is 36.6 Å². The number of amides is 1. The molecular formula is C18H20F3N5O4S. The van der Waals surface area contributed by atoms with Crippen LogP contribution in [0.2, 0.25) is 0 Å². The first kappa shape index (κ1) is 22.9. The molecule has 2 aromatic rings. The fourth-order valence-electron chi connectivity index (χ4n) is 3.27. The van der Waals surface area contributed by atoms with Gasteiger partial charge in [0.15, 0.2) is 5.03 Å². The molecule has 0 saturated carbocycles. The number of anilines is 2. The van der Waals surface area contributed by atoms with E-state index in [1.807, 2.05) is 0 Å². The van der Waals surface area contributed by atoms with Gasteiger partial charge in [-0.05, 0) is 31.9 Å². The van der Waals surface area contributed by atoms with Crippen molar-refractivity contribution in [1.82, 2.24) is 9.97 Å². The number of aliphatic hydroxyl groups is 1. The SMILES string of the molecule is CC1(O)CCCN(c2ncc(C(F)(F)F)cc2C(=O)Nc2ccnc(S(N)(=O)=O)c2)C1. The first-order chi connectivity index (χ1) is 14.3. The molecule has 4 N–H and O–H groups in total. The van der Waals surface area contributed by atoms with Crippen LogP contribution in [-0.2, 0) is 16.2 Å². The van der Waals surface area contributed by atoms with Crippen LogP contribution in [0.5, 0.6) is 0 Å². The number of halogens is 3. The normalized spacial score (nSPS) is 19.9. The summed E-state index contributed by atoms with van der Waals surface area (Å²) in [6, 6.07) is 2.92. The van der Waals surface area contributed by atoms with Crippen molar-refractivity contribution >= 4 is 27.4 Å². The van der Waals surface area contributed by atoms with Crippen molar-refractivity contribution in [2.75, 3.05) is 23.3 Å². The van der Waals surface area contributed by atoms with Crippen molar-refractivity contribution in [1.29, 1.82) is 0 Å². The third-order valence-corrected chi connectivity index (χ3v) is 5.50. The van der Waals surface area contributed by atoms with E-state index in [1.54, 1.807) is 11.8 Å². The van der Waals surface area contributed by atoms with Gasteiger partial charge in [0.2, 0.25) is 0 Å². The summed E-state index contributed by atoms with van der Waals surface area (Å²) in [5.41, 5.74) is -2.61. The lowest BCUT2D eigenvalue weighted by atomic mass is 9.95. The first-order valence-corrected chi connectivity index (χ1v) is 10.7. The Kier molecular flexibility index (Phi) is 5.95. The maximum absolute atomic E-state index is 13.2. The Labute approximate surface area is 176 Å². The minimum Gasteiger partial charge on any atom is -0.388 e. The maximum Gasteiger partial charge on any atom is 0.417 e. The number of primary sulfonamides is 1. The number of hydrogen-bond donors (Lipinski definition) is 3. The van der Waals surface area contributed by atoms with Crippen LogP contribution in [0.4, 0.5) is 24.7 Å². The van der Waals surface area contributed by atoms with Gasteiger partial charge in [0, 0.05) is 37.2 Å². The summed E-state index contributed by atoms with van der Waals surface area (Å²) >= 11 is 0. The number of hydrogen-bond acceptors (Lipinski definition) is 7. The Morgan fingerprint density at radius 3 is 2.65 bits per heavy atom. The number of carbonyl (C=O) groups excluding carboxylic acids is 1. The maximum atomic E-state index is 13.2. The van der Waals surface area contributed by atoms with Gasteiger partial charge in [-0.15, -0.1) is 0 Å². The molecule has 0 aliphatic carbocycles. The Morgan fingerprint density at radius 1 is 1.32 bits per heavy atom. The topological polar surface area (TPSA) is 139 Å². The number of nitrogens with zero attached hydrogens (tertiary/aromatic N) is 3. The number of pyridine rings is 2. The van der Waals surface area contributed by atoms with Crippen LogP contribution in [0.1, 0.15) is 35.7 Å². The Hall–Kier alpha value is -2.77. The molecule has 1 aliphatic heterocycles. The van der Waals surface area contributed by atoms with Crippen LogP contribution in [0, 0.1) is 0 Å². The van der Waals surface area contributed by atoms with Crippen LogP contribution in [0.25, 0.3) is 0 Å². The molecule has 1 atom stereocenters. The highest BCUT2D eigenvalue weighted by Gasteiger charge is 2.35. The average Bonchev–Trinajstić information content (AvgIpc) is 2.65. The molecule has 1 aliphatic rings. The molecule has 1 unspecified atom stereocenters. The number of aromatic nitrogens is 2. The number of carbonyl (C=O) groups is 1. The number of β-amino-alcohol motifs (C(OH)–C–C–N with tert-alkyl or cyclic N) is 1. The predicted molar refractivity (Wildman–Crippen MR) is 105 cm³/mol. The first-order valence-electron chi connectivity index (χ1n) is 9.11. The summed E-state index contributed by atoms with van der Waals surface area (Å²) in [7, 11) is -4.15. The van der Waals surface area contributed by atoms with E-state index in [0.717, 1.165) is 12.3 Å². The molecule has 31 heavy (non-hydrogen) atoms. The molecule has 0 aromatic carbocycles. The van der Waals surface area contributed by atoms with E-state index in [2.05, 4.69) is 15.3 Å². The minimum atomic E-state index is -4.73. The van der Waals surface area contributed by atoms with Crippen molar-refractivity contribution < 1.29 is 31.5 Å². The number of rotatable bonds is 4. The second-order valence-electron chi connectivity index (χ2n) is 7.50. The van der Waals surface area contributed by atoms with E-state index in [-0.39, 0.29) is 23.6 Å². The van der Waals surface area contributed by atoms with Crippen LogP contribution >= 0.6 is 0 Å². The van der Waals surface area contributed by atoms with E-state index in [9.17, 15) is 31.5 Å². The van der Waals surface area contributed by atoms with Gasteiger partial charge in [0.25, 0.3) is 15.9 Å². The van der Waals surface area contributed by atoms with Gasteiger partial charge < -0.3 is 15.3 Å². The molecule has 0 spiro atoms. The van der Waals surface area contributed by atoms with E-state index >= 15 is 0 Å². The highest BCUT2D eigenvalue weighted by Crippen LogP contribution is 2.33. The molecular weight excluding hydrogens is 439 g/mol. The average molecular weight is 459 g/mol. The lowest BCUT2D eigenvalue weighted by Gasteiger charge is -2.38. The fourth-order valence-corrected chi connectivity index (χ4v) is 3.77. The molecule has 9 nitrogen and oxygen atoms in total. The second kappa shape index (κ2) is 8.05. The summed E-state index contributed by atoms with van der Waals surface area (Å²) in [4.78, 5) is 21.9. The number of sulfonamides is 1. The van der Waals surface area contributed by atoms with E-state index < -0.39 is 38.3 Å². The molecule has 168 valence electrons. The molecule has 3 rings (SSSR count). The van der Waals surface area contributed by atoms with Gasteiger partial charge in [-0.2, -0.15) is 13.2 Å². The van der Waals surface area contributed by atoms with E-state index in [0.29, 0.717) is 31.6 Å². The molecule has 1 saturated heterocycles. The van der Waals surface area contributed by atoms with Gasteiger partial charge in [-0.1, -0.05) is 0 Å². The lowest BCUT2D eigenvalue weighted by Crippen LogP contribution is -2.47. The molecule has 0 radical (unpaired) electrons. The van der Waals surface area contributed by atoms with Crippen LogP contribution in [-0.4, -0.2) is 48.1 Å². The molecule has 2 aromatic heterocycles. The number of piperidine rings is 1. The lowest BCUT2D eigenvalue weighted by molar-refractivity contribution is -0.137. The Morgan fingerprint density at radius 2 is 2.03 bits per heavy atom. The smallest absolute Gasteiger partial charge is 0.388 e. The van der Waals surface area contributed by atoms with Gasteiger partial charge >= 0.3 is 6.18 Å². The number of nitrogens with one attached hydrogen (secondary N) is 1. The predicted octanol–water partition coefficient (Wildman–Crippen LogP) is 1.75. The van der Waals surface area contributed by atoms with Crippen LogP contribution in [0.3, 0.4) is 0 Å². The van der Waals surface area contributed by atoms with E-state index in [4.69, 9.17) is 5.14 Å². The Balaban J connectivity index is 2.00. The van der Waals surface area contributed by atoms with Crippen LogP contribution < -0.4 is 15.4 Å². The summed E-state index contributed by atoms with van der Waals surface area (Å²) in [5.74, 6) is -0.961. The Bertz CT molecular complexity index is 1110. The van der Waals surface area contributed by atoms with Gasteiger partial charge in [0.1, 0.15) is 5.82 Å². The van der Waals surface area contributed by atoms with Crippen molar-refractivity contribution in [2.24, 2.45) is 5.14 Å². The van der Waals surface area contributed by atoms with Gasteiger partial charge in [-0.3, -0.25) is 4.79 Å². The van der Waals surface area contributed by atoms with Crippen molar-refractivity contribution in [3.63, 3.8) is 0 Å². The molecule has 1 fully saturated rings. The van der Waals surface area contributed by atoms with Crippen molar-refractivity contribution in [3.05, 3.63) is 41.7 Å². The standard InChI is InChI=1S/C18H20F3N5O4S/c1-17(28)4-2-6-26(10-17)15-13(7-11(9-24-15)18(19,20)21)16(27)25-12-3-5-23-14(8-12)31(22,29)30/h3,5,7-9,28H,2,4,6,10H2,1H3,(H2,22,29,30)(H,23,25,27). The van der Waals surface area contributed by atoms with Gasteiger partial charge in [-0.25, -0.2) is 23.5 Å². The third-order valence-electron chi connectivity index (χ3n) is 4.70. The summed E-state index contributed by atoms with van der Waals surface area (Å²) < 4.78 is 62.6. The largest absolute Gasteiger partial charge is 0.417 e. The molecule has 0 bridgehead atoms. The molecule has 1 amide bonds. The van der Waals surface area contributed by atoms with Crippen LogP contribution in [0.15, 0.2) is 35.6 Å². The third kappa shape index (κ3) is 5.48. The quantitative estimate of drug-likeness (QED) is 0.633. The highest BCUT2D eigenvalue weighted by atomic mass is 32.2. The zero-order chi connectivity index (χ0) is 23.0. The zero-order valence-electron chi connectivity index (χ0n) is 16.3. The molecule has 13 heteroatoms. The highest BCUT2D eigenvalue weighted by molar-refractivity contribution is 7.89.